The predicted molar refractivity (Wildman–Crippen MR) is 91.2 cm³/mol. The molecule has 7 nitrogen and oxygen atoms in total. The number of carbonyl (C=O) groups is 2. The summed E-state index contributed by atoms with van der Waals surface area (Å²) in [5.74, 6) is -1.22. The average molecular weight is 363 g/mol. The van der Waals surface area contributed by atoms with Gasteiger partial charge in [0.1, 0.15) is 13.2 Å². The molecular weight excluding hydrogens is 346 g/mol. The Labute approximate surface area is 145 Å². The van der Waals surface area contributed by atoms with Gasteiger partial charge in [-0.2, -0.15) is 0 Å². The number of ether oxygens (including phenoxy) is 1. The zero-order valence-corrected chi connectivity index (χ0v) is 14.3. The third-order valence-electron chi connectivity index (χ3n) is 3.30. The second kappa shape index (κ2) is 7.80. The number of carboxylic acid groups (broad SMARTS) is 1. The van der Waals surface area contributed by atoms with Crippen LogP contribution in [0.2, 0.25) is 0 Å². The first kappa shape index (κ1) is 18.5. The molecular formula is C17H17NO6S. The van der Waals surface area contributed by atoms with Crippen LogP contribution in [0.4, 0.5) is 10.5 Å². The molecule has 0 radical (unpaired) electrons. The van der Waals surface area contributed by atoms with Gasteiger partial charge in [-0.3, -0.25) is 9.69 Å². The quantitative estimate of drug-likeness (QED) is 0.845. The number of benzene rings is 2. The van der Waals surface area contributed by atoms with Crippen LogP contribution >= 0.6 is 0 Å². The highest BCUT2D eigenvalue weighted by Gasteiger charge is 2.21. The van der Waals surface area contributed by atoms with Crippen molar-refractivity contribution in [2.75, 3.05) is 17.7 Å². The number of sulfone groups is 1. The zero-order chi connectivity index (χ0) is 18.4. The highest BCUT2D eigenvalue weighted by Crippen LogP contribution is 2.19. The maximum absolute atomic E-state index is 12.3. The van der Waals surface area contributed by atoms with E-state index in [0.717, 1.165) is 16.7 Å². The number of carbonyl (C=O) groups excluding carboxylic acids is 1. The summed E-state index contributed by atoms with van der Waals surface area (Å²) >= 11 is 0. The van der Waals surface area contributed by atoms with E-state index >= 15 is 0 Å². The van der Waals surface area contributed by atoms with Gasteiger partial charge in [0.05, 0.1) is 4.90 Å². The lowest BCUT2D eigenvalue weighted by Crippen LogP contribution is -2.36. The lowest BCUT2D eigenvalue weighted by Gasteiger charge is -2.20. The Morgan fingerprint density at radius 2 is 1.64 bits per heavy atom. The molecule has 0 bridgehead atoms. The van der Waals surface area contributed by atoms with E-state index in [2.05, 4.69) is 0 Å². The highest BCUT2D eigenvalue weighted by atomic mass is 32.2. The number of hydrogen-bond donors (Lipinski definition) is 1. The third kappa shape index (κ3) is 5.32. The molecule has 1 amide bonds. The molecule has 0 heterocycles. The van der Waals surface area contributed by atoms with Crippen LogP contribution in [0.1, 0.15) is 5.56 Å². The van der Waals surface area contributed by atoms with E-state index in [1.165, 1.54) is 24.3 Å². The van der Waals surface area contributed by atoms with Crippen LogP contribution in [-0.4, -0.2) is 38.4 Å². The van der Waals surface area contributed by atoms with E-state index in [-0.39, 0.29) is 17.2 Å². The number of anilines is 1. The summed E-state index contributed by atoms with van der Waals surface area (Å²) in [5.41, 5.74) is 0.992. The van der Waals surface area contributed by atoms with Crippen molar-refractivity contribution < 1.29 is 27.9 Å². The van der Waals surface area contributed by atoms with Crippen LogP contribution in [0.5, 0.6) is 0 Å². The first-order chi connectivity index (χ1) is 11.8. The van der Waals surface area contributed by atoms with Gasteiger partial charge < -0.3 is 9.84 Å². The molecule has 0 saturated carbocycles. The van der Waals surface area contributed by atoms with E-state index < -0.39 is 28.4 Å². The smallest absolute Gasteiger partial charge is 0.415 e. The van der Waals surface area contributed by atoms with Crippen molar-refractivity contribution in [1.82, 2.24) is 0 Å². The molecule has 0 atom stereocenters. The molecule has 0 saturated heterocycles. The number of nitrogens with zero attached hydrogens (tertiary/aromatic N) is 1. The summed E-state index contributed by atoms with van der Waals surface area (Å²) in [5, 5.41) is 9.02. The average Bonchev–Trinajstić information content (AvgIpc) is 2.58. The summed E-state index contributed by atoms with van der Waals surface area (Å²) in [6, 6.07) is 14.3. The van der Waals surface area contributed by atoms with Crippen LogP contribution in [0.25, 0.3) is 0 Å². The summed E-state index contributed by atoms with van der Waals surface area (Å²) in [6.07, 6.45) is 0.226. The number of rotatable bonds is 6. The number of aliphatic carboxylic acids is 1. The molecule has 0 aliphatic heterocycles. The number of hydrogen-bond acceptors (Lipinski definition) is 5. The van der Waals surface area contributed by atoms with Crippen molar-refractivity contribution in [3.8, 4) is 0 Å². The fraction of sp³-hybridized carbons (Fsp3) is 0.176. The van der Waals surface area contributed by atoms with Crippen LogP contribution < -0.4 is 4.90 Å². The highest BCUT2D eigenvalue weighted by molar-refractivity contribution is 7.90. The molecule has 0 spiro atoms. The van der Waals surface area contributed by atoms with Crippen molar-refractivity contribution in [3.05, 3.63) is 60.2 Å². The summed E-state index contributed by atoms with van der Waals surface area (Å²) in [6.45, 7) is -0.608. The van der Waals surface area contributed by atoms with E-state index in [9.17, 15) is 18.0 Å². The second-order valence-electron chi connectivity index (χ2n) is 5.29. The Balaban J connectivity index is 2.17. The molecule has 8 heteroatoms. The van der Waals surface area contributed by atoms with Crippen molar-refractivity contribution in [3.63, 3.8) is 0 Å². The molecule has 0 fully saturated rings. The van der Waals surface area contributed by atoms with Gasteiger partial charge in [-0.15, -0.1) is 0 Å². The van der Waals surface area contributed by atoms with Crippen molar-refractivity contribution in [1.29, 1.82) is 0 Å². The molecule has 2 aromatic rings. The van der Waals surface area contributed by atoms with E-state index in [4.69, 9.17) is 9.84 Å². The summed E-state index contributed by atoms with van der Waals surface area (Å²) < 4.78 is 28.1. The minimum atomic E-state index is -3.39. The number of carboxylic acids is 1. The van der Waals surface area contributed by atoms with Gasteiger partial charge in [0.2, 0.25) is 0 Å². The maximum atomic E-state index is 12.3. The van der Waals surface area contributed by atoms with E-state index in [0.29, 0.717) is 0 Å². The predicted octanol–water partition coefficient (Wildman–Crippen LogP) is 2.32. The molecule has 2 aromatic carbocycles. The molecule has 0 unspecified atom stereocenters. The van der Waals surface area contributed by atoms with Crippen LogP contribution in [0, 0.1) is 0 Å². The molecule has 0 aliphatic carbocycles. The van der Waals surface area contributed by atoms with Gasteiger partial charge in [0.25, 0.3) is 0 Å². The van der Waals surface area contributed by atoms with E-state index in [1.54, 1.807) is 24.3 Å². The standard InChI is InChI=1S/C17H17NO6S/c1-25(22,23)15-9-7-14(8-10-15)18(11-16(19)20)17(21)24-12-13-5-3-2-4-6-13/h2-10H,11-12H2,1H3,(H,19,20). The molecule has 0 aromatic heterocycles. The van der Waals surface area contributed by atoms with Gasteiger partial charge in [-0.25, -0.2) is 13.2 Å². The van der Waals surface area contributed by atoms with Crippen molar-refractivity contribution in [2.45, 2.75) is 11.5 Å². The van der Waals surface area contributed by atoms with Crippen molar-refractivity contribution >= 4 is 27.6 Å². The molecule has 0 aliphatic rings. The van der Waals surface area contributed by atoms with Gasteiger partial charge in [-0.1, -0.05) is 30.3 Å². The maximum Gasteiger partial charge on any atom is 0.415 e. The summed E-state index contributed by atoms with van der Waals surface area (Å²) in [4.78, 5) is 24.3. The van der Waals surface area contributed by atoms with Crippen LogP contribution in [0.3, 0.4) is 0 Å². The fourth-order valence-electron chi connectivity index (χ4n) is 2.07. The minimum absolute atomic E-state index is 0.00276. The number of amides is 1. The largest absolute Gasteiger partial charge is 0.480 e. The SMILES string of the molecule is CS(=O)(=O)c1ccc(N(CC(=O)O)C(=O)OCc2ccccc2)cc1. The minimum Gasteiger partial charge on any atom is -0.480 e. The zero-order valence-electron chi connectivity index (χ0n) is 13.5. The van der Waals surface area contributed by atoms with Gasteiger partial charge in [0, 0.05) is 11.9 Å². The van der Waals surface area contributed by atoms with Crippen LogP contribution in [-0.2, 0) is 26.0 Å². The van der Waals surface area contributed by atoms with Gasteiger partial charge >= 0.3 is 12.1 Å². The Morgan fingerprint density at radius 1 is 1.04 bits per heavy atom. The Kier molecular flexibility index (Phi) is 5.76. The Bertz CT molecular complexity index is 846. The van der Waals surface area contributed by atoms with Gasteiger partial charge in [-0.05, 0) is 29.8 Å². The third-order valence-corrected chi connectivity index (χ3v) is 4.42. The fourth-order valence-corrected chi connectivity index (χ4v) is 2.70. The van der Waals surface area contributed by atoms with E-state index in [1.807, 2.05) is 6.07 Å². The van der Waals surface area contributed by atoms with Crippen LogP contribution in [0.15, 0.2) is 59.5 Å². The second-order valence-corrected chi connectivity index (χ2v) is 7.30. The summed E-state index contributed by atoms with van der Waals surface area (Å²) in [7, 11) is -3.39. The monoisotopic (exact) mass is 363 g/mol. The van der Waals surface area contributed by atoms with Crippen molar-refractivity contribution in [2.24, 2.45) is 0 Å². The van der Waals surface area contributed by atoms with Gasteiger partial charge in [0.15, 0.2) is 9.84 Å². The Morgan fingerprint density at radius 3 is 2.16 bits per heavy atom. The lowest BCUT2D eigenvalue weighted by atomic mass is 10.2. The normalized spacial score (nSPS) is 10.9. The molecule has 1 N–H and O–H groups in total. The first-order valence-electron chi connectivity index (χ1n) is 7.27. The molecule has 2 rings (SSSR count). The molecule has 132 valence electrons. The lowest BCUT2D eigenvalue weighted by molar-refractivity contribution is -0.135. The topological polar surface area (TPSA) is 101 Å². The first-order valence-corrected chi connectivity index (χ1v) is 9.16. The molecule has 25 heavy (non-hydrogen) atoms. The Hall–Kier alpha value is -2.87.